The van der Waals surface area contributed by atoms with Gasteiger partial charge in [-0.3, -0.25) is 4.79 Å². The Labute approximate surface area is 130 Å². The predicted molar refractivity (Wildman–Crippen MR) is 84.8 cm³/mol. The second-order valence-corrected chi connectivity index (χ2v) is 7.93. The highest BCUT2D eigenvalue weighted by atomic mass is 32.2. The summed E-state index contributed by atoms with van der Waals surface area (Å²) in [6.45, 7) is 0. The minimum atomic E-state index is -4.51. The van der Waals surface area contributed by atoms with Crippen LogP contribution in [0.25, 0.3) is 21.8 Å². The van der Waals surface area contributed by atoms with Gasteiger partial charge in [-0.1, -0.05) is 12.1 Å². The Hall–Kier alpha value is -2.27. The van der Waals surface area contributed by atoms with Crippen LogP contribution in [0.15, 0.2) is 51.0 Å². The van der Waals surface area contributed by atoms with E-state index in [9.17, 15) is 21.6 Å². The Morgan fingerprint density at radius 2 is 1.48 bits per heavy atom. The molecule has 120 valence electrons. The fourth-order valence-electron chi connectivity index (χ4n) is 2.47. The molecule has 1 heterocycles. The minimum Gasteiger partial charge on any atom is -0.354 e. The summed E-state index contributed by atoms with van der Waals surface area (Å²) in [6, 6.07) is 8.71. The van der Waals surface area contributed by atoms with Crippen LogP contribution in [0.5, 0.6) is 0 Å². The van der Waals surface area contributed by atoms with Crippen LogP contribution in [0.4, 0.5) is 0 Å². The normalized spacial score (nSPS) is 12.8. The van der Waals surface area contributed by atoms with Crippen molar-refractivity contribution >= 4 is 41.9 Å². The highest BCUT2D eigenvalue weighted by molar-refractivity contribution is 7.92. The Kier molecular flexibility index (Phi) is 3.30. The molecular formula is C13H11N3O5S2. The number of fused-ring (bicyclic) bond motifs is 2. The van der Waals surface area contributed by atoms with Crippen LogP contribution in [-0.4, -0.2) is 21.8 Å². The monoisotopic (exact) mass is 353 g/mol. The Morgan fingerprint density at radius 3 is 2.09 bits per heavy atom. The van der Waals surface area contributed by atoms with E-state index >= 15 is 0 Å². The van der Waals surface area contributed by atoms with E-state index in [0.717, 1.165) is 6.07 Å². The standard InChI is InChI=1S/C13H11N3O5S2/c14-22(18,19)10-6-5-9-11(13(10)23(15,20)21)12(17)7-3-1-2-4-8(7)16-9/h1-6H,(H,16,17)(H2,14,18,19)(H2,15,20,21). The van der Waals surface area contributed by atoms with Crippen molar-refractivity contribution in [2.24, 2.45) is 10.3 Å². The number of nitrogens with one attached hydrogen (secondary N) is 1. The van der Waals surface area contributed by atoms with Crippen molar-refractivity contribution < 1.29 is 16.8 Å². The number of primary sulfonamides is 2. The van der Waals surface area contributed by atoms with Gasteiger partial charge in [-0.2, -0.15) is 0 Å². The molecule has 0 spiro atoms. The number of hydrogen-bond donors (Lipinski definition) is 3. The van der Waals surface area contributed by atoms with Crippen LogP contribution in [-0.2, 0) is 20.0 Å². The van der Waals surface area contributed by atoms with Gasteiger partial charge in [0.05, 0.1) is 10.9 Å². The molecular weight excluding hydrogens is 342 g/mol. The van der Waals surface area contributed by atoms with Crippen LogP contribution in [0.3, 0.4) is 0 Å². The zero-order valence-electron chi connectivity index (χ0n) is 11.5. The topological polar surface area (TPSA) is 153 Å². The van der Waals surface area contributed by atoms with Crippen LogP contribution in [0.1, 0.15) is 0 Å². The van der Waals surface area contributed by atoms with Crippen LogP contribution < -0.4 is 15.7 Å². The van der Waals surface area contributed by atoms with Gasteiger partial charge in [0.25, 0.3) is 0 Å². The Morgan fingerprint density at radius 1 is 0.826 bits per heavy atom. The molecule has 2 aromatic carbocycles. The zero-order valence-corrected chi connectivity index (χ0v) is 13.1. The van der Waals surface area contributed by atoms with E-state index in [4.69, 9.17) is 10.3 Å². The van der Waals surface area contributed by atoms with Gasteiger partial charge >= 0.3 is 0 Å². The first-order chi connectivity index (χ1) is 10.6. The van der Waals surface area contributed by atoms with Gasteiger partial charge in [-0.05, 0) is 24.3 Å². The smallest absolute Gasteiger partial charge is 0.240 e. The lowest BCUT2D eigenvalue weighted by atomic mass is 10.1. The molecule has 1 aromatic heterocycles. The van der Waals surface area contributed by atoms with E-state index in [1.807, 2.05) is 0 Å². The van der Waals surface area contributed by atoms with Crippen LogP contribution in [0, 0.1) is 0 Å². The molecule has 0 radical (unpaired) electrons. The van der Waals surface area contributed by atoms with E-state index in [-0.39, 0.29) is 16.3 Å². The van der Waals surface area contributed by atoms with Gasteiger partial charge in [0, 0.05) is 10.9 Å². The Balaban J connectivity index is 2.71. The van der Waals surface area contributed by atoms with E-state index in [1.54, 1.807) is 18.2 Å². The van der Waals surface area contributed by atoms with E-state index in [1.165, 1.54) is 12.1 Å². The highest BCUT2D eigenvalue weighted by Crippen LogP contribution is 2.27. The van der Waals surface area contributed by atoms with Crippen molar-refractivity contribution in [2.75, 3.05) is 0 Å². The number of nitrogens with two attached hydrogens (primary N) is 2. The molecule has 0 unspecified atom stereocenters. The van der Waals surface area contributed by atoms with Gasteiger partial charge in [0.15, 0.2) is 5.43 Å². The summed E-state index contributed by atoms with van der Waals surface area (Å²) in [5.74, 6) is 0. The summed E-state index contributed by atoms with van der Waals surface area (Å²) >= 11 is 0. The maximum atomic E-state index is 12.7. The fourth-order valence-corrected chi connectivity index (χ4v) is 4.62. The van der Waals surface area contributed by atoms with E-state index < -0.39 is 35.3 Å². The number of hydrogen-bond acceptors (Lipinski definition) is 5. The minimum absolute atomic E-state index is 0.144. The highest BCUT2D eigenvalue weighted by Gasteiger charge is 2.26. The number of sulfonamides is 2. The van der Waals surface area contributed by atoms with Crippen molar-refractivity contribution in [1.29, 1.82) is 0 Å². The molecule has 0 fully saturated rings. The molecule has 0 atom stereocenters. The van der Waals surface area contributed by atoms with Gasteiger partial charge in [0.2, 0.25) is 20.0 Å². The van der Waals surface area contributed by atoms with Crippen molar-refractivity contribution in [2.45, 2.75) is 9.79 Å². The number of pyridine rings is 1. The molecule has 0 bridgehead atoms. The lowest BCUT2D eigenvalue weighted by molar-refractivity contribution is 0.585. The van der Waals surface area contributed by atoms with Gasteiger partial charge in [0.1, 0.15) is 9.79 Å². The largest absolute Gasteiger partial charge is 0.354 e. The molecule has 3 rings (SSSR count). The first kappa shape index (κ1) is 15.6. The fraction of sp³-hybridized carbons (Fsp3) is 0. The molecule has 3 aromatic rings. The van der Waals surface area contributed by atoms with Crippen molar-refractivity contribution in [3.05, 3.63) is 46.6 Å². The summed E-state index contributed by atoms with van der Waals surface area (Å²) in [5, 5.41) is 10.1. The molecule has 0 saturated heterocycles. The number of aromatic nitrogens is 1. The second-order valence-electron chi connectivity index (χ2n) is 4.91. The number of benzene rings is 2. The third-order valence-corrected chi connectivity index (χ3v) is 5.46. The van der Waals surface area contributed by atoms with Gasteiger partial charge < -0.3 is 4.98 Å². The second kappa shape index (κ2) is 4.86. The summed E-state index contributed by atoms with van der Waals surface area (Å²) < 4.78 is 47.1. The predicted octanol–water partition coefficient (Wildman–Crippen LogP) is -0.0239. The zero-order chi connectivity index (χ0) is 17.0. The summed E-state index contributed by atoms with van der Waals surface area (Å²) in [5.41, 5.74) is -0.0253. The third kappa shape index (κ3) is 2.51. The molecule has 0 saturated carbocycles. The van der Waals surface area contributed by atoms with Crippen LogP contribution >= 0.6 is 0 Å². The Bertz CT molecular complexity index is 1230. The molecule has 0 amide bonds. The lowest BCUT2D eigenvalue weighted by Gasteiger charge is -2.10. The number of aromatic amines is 1. The first-order valence-corrected chi connectivity index (χ1v) is 9.33. The van der Waals surface area contributed by atoms with Crippen LogP contribution in [0.2, 0.25) is 0 Å². The lowest BCUT2D eigenvalue weighted by Crippen LogP contribution is -2.23. The number of para-hydroxylation sites is 1. The summed E-state index contributed by atoms with van der Waals surface area (Å²) in [6.07, 6.45) is 0. The quantitative estimate of drug-likeness (QED) is 0.552. The SMILES string of the molecule is NS(=O)(=O)c1ccc2[nH]c3ccccc3c(=O)c2c1S(N)(=O)=O. The average Bonchev–Trinajstić information content (AvgIpc) is 2.44. The van der Waals surface area contributed by atoms with Crippen molar-refractivity contribution in [3.8, 4) is 0 Å². The maximum absolute atomic E-state index is 12.7. The molecule has 0 aliphatic carbocycles. The molecule has 0 aliphatic rings. The molecule has 8 nitrogen and oxygen atoms in total. The van der Waals surface area contributed by atoms with E-state index in [2.05, 4.69) is 4.98 Å². The van der Waals surface area contributed by atoms with Gasteiger partial charge in [-0.25, -0.2) is 27.1 Å². The summed E-state index contributed by atoms with van der Waals surface area (Å²) in [4.78, 5) is 14.0. The molecule has 0 aliphatic heterocycles. The van der Waals surface area contributed by atoms with Crippen molar-refractivity contribution in [3.63, 3.8) is 0 Å². The van der Waals surface area contributed by atoms with Gasteiger partial charge in [-0.15, -0.1) is 0 Å². The first-order valence-electron chi connectivity index (χ1n) is 6.24. The number of H-pyrrole nitrogens is 1. The number of rotatable bonds is 2. The summed E-state index contributed by atoms with van der Waals surface area (Å²) in [7, 11) is -8.90. The maximum Gasteiger partial charge on any atom is 0.240 e. The molecule has 23 heavy (non-hydrogen) atoms. The molecule has 5 N–H and O–H groups in total. The van der Waals surface area contributed by atoms with Crippen molar-refractivity contribution in [1.82, 2.24) is 4.98 Å². The van der Waals surface area contributed by atoms with E-state index in [0.29, 0.717) is 5.52 Å². The average molecular weight is 353 g/mol. The third-order valence-electron chi connectivity index (χ3n) is 3.38. The molecule has 10 heteroatoms.